The second-order valence-corrected chi connectivity index (χ2v) is 8.83. The van der Waals surface area contributed by atoms with Crippen LogP contribution >= 0.6 is 11.8 Å². The lowest BCUT2D eigenvalue weighted by Crippen LogP contribution is -2.51. The maximum atomic E-state index is 13.8. The molecule has 3 rings (SSSR count). The number of thioether (sulfide) groups is 1. The van der Waals surface area contributed by atoms with E-state index < -0.39 is 15.8 Å². The number of aromatic nitrogens is 2. The van der Waals surface area contributed by atoms with Gasteiger partial charge >= 0.3 is 0 Å². The van der Waals surface area contributed by atoms with Crippen molar-refractivity contribution in [3.63, 3.8) is 0 Å². The molecule has 0 atom stereocenters. The highest BCUT2D eigenvalue weighted by atomic mass is 32.2. The maximum Gasteiger partial charge on any atom is 0.246 e. The molecule has 0 aliphatic carbocycles. The van der Waals surface area contributed by atoms with Crippen molar-refractivity contribution in [1.29, 1.82) is 0 Å². The van der Waals surface area contributed by atoms with E-state index in [1.54, 1.807) is 11.8 Å². The van der Waals surface area contributed by atoms with Gasteiger partial charge in [-0.05, 0) is 12.1 Å². The van der Waals surface area contributed by atoms with Crippen molar-refractivity contribution in [1.82, 2.24) is 19.3 Å². The number of piperazine rings is 1. The molecular weight excluding hydrogens is 395 g/mol. The molecule has 0 radical (unpaired) electrons. The van der Waals surface area contributed by atoms with Gasteiger partial charge in [-0.3, -0.25) is 4.79 Å². The number of hydrogen-bond donors (Lipinski definition) is 0. The van der Waals surface area contributed by atoms with Crippen LogP contribution in [-0.4, -0.2) is 65.6 Å². The zero-order chi connectivity index (χ0) is 19.4. The number of rotatable bonds is 6. The molecular formula is C16H19FN4O4S2. The average molecular weight is 414 g/mol. The van der Waals surface area contributed by atoms with Crippen molar-refractivity contribution < 1.29 is 22.1 Å². The average Bonchev–Trinajstić information content (AvgIpc) is 3.07. The minimum Gasteiger partial charge on any atom is -0.340 e. The first kappa shape index (κ1) is 19.8. The molecule has 1 aliphatic heterocycles. The van der Waals surface area contributed by atoms with Crippen LogP contribution in [0.15, 0.2) is 33.7 Å². The second-order valence-electron chi connectivity index (χ2n) is 5.94. The molecule has 27 heavy (non-hydrogen) atoms. The van der Waals surface area contributed by atoms with Gasteiger partial charge in [-0.2, -0.15) is 9.29 Å². The molecule has 8 nitrogen and oxygen atoms in total. The zero-order valence-electron chi connectivity index (χ0n) is 14.7. The molecule has 146 valence electrons. The minimum absolute atomic E-state index is 0.0804. The lowest BCUT2D eigenvalue weighted by molar-refractivity contribution is -0.129. The highest BCUT2D eigenvalue weighted by Gasteiger charge is 2.31. The fraction of sp³-hybridized carbons (Fsp3) is 0.438. The van der Waals surface area contributed by atoms with Crippen molar-refractivity contribution in [2.24, 2.45) is 0 Å². The van der Waals surface area contributed by atoms with E-state index in [9.17, 15) is 17.6 Å². The SMILES string of the molecule is Cc1nc(CSCC(=O)N2CCN(S(=O)(=O)c3ccccc3F)CC2)no1. The van der Waals surface area contributed by atoms with Crippen LogP contribution in [0.25, 0.3) is 0 Å². The Morgan fingerprint density at radius 3 is 2.59 bits per heavy atom. The third-order valence-corrected chi connectivity index (χ3v) is 6.92. The fourth-order valence-electron chi connectivity index (χ4n) is 2.69. The first-order valence-electron chi connectivity index (χ1n) is 8.27. The largest absolute Gasteiger partial charge is 0.340 e. The summed E-state index contributed by atoms with van der Waals surface area (Å²) in [7, 11) is -3.90. The van der Waals surface area contributed by atoms with Crippen LogP contribution in [0.3, 0.4) is 0 Å². The predicted molar refractivity (Wildman–Crippen MR) is 96.9 cm³/mol. The Morgan fingerprint density at radius 1 is 1.26 bits per heavy atom. The Kier molecular flexibility index (Phi) is 6.12. The van der Waals surface area contributed by atoms with Gasteiger partial charge in [-0.1, -0.05) is 17.3 Å². The number of nitrogens with zero attached hydrogens (tertiary/aromatic N) is 4. The summed E-state index contributed by atoms with van der Waals surface area (Å²) in [6, 6.07) is 5.30. The number of carbonyl (C=O) groups is 1. The van der Waals surface area contributed by atoms with Crippen LogP contribution < -0.4 is 0 Å². The van der Waals surface area contributed by atoms with Crippen LogP contribution in [0, 0.1) is 12.7 Å². The third-order valence-electron chi connectivity index (χ3n) is 4.07. The molecule has 1 fully saturated rings. The van der Waals surface area contributed by atoms with Gasteiger partial charge in [-0.25, -0.2) is 12.8 Å². The number of halogens is 1. The lowest BCUT2D eigenvalue weighted by Gasteiger charge is -2.34. The molecule has 0 saturated carbocycles. The van der Waals surface area contributed by atoms with Gasteiger partial charge in [-0.15, -0.1) is 11.8 Å². The van der Waals surface area contributed by atoms with Gasteiger partial charge in [0, 0.05) is 33.1 Å². The normalized spacial score (nSPS) is 15.9. The first-order valence-corrected chi connectivity index (χ1v) is 10.9. The van der Waals surface area contributed by atoms with Crippen molar-refractivity contribution in [2.45, 2.75) is 17.6 Å². The van der Waals surface area contributed by atoms with E-state index in [2.05, 4.69) is 10.1 Å². The molecule has 1 aromatic carbocycles. The summed E-state index contributed by atoms with van der Waals surface area (Å²) in [5.41, 5.74) is 0. The van der Waals surface area contributed by atoms with Crippen molar-refractivity contribution in [3.05, 3.63) is 41.8 Å². The fourth-order valence-corrected chi connectivity index (χ4v) is 4.94. The molecule has 0 spiro atoms. The molecule has 0 unspecified atom stereocenters. The van der Waals surface area contributed by atoms with E-state index in [-0.39, 0.29) is 42.7 Å². The van der Waals surface area contributed by atoms with Gasteiger partial charge in [0.1, 0.15) is 10.7 Å². The summed E-state index contributed by atoms with van der Waals surface area (Å²) >= 11 is 1.37. The summed E-state index contributed by atoms with van der Waals surface area (Å²) in [4.78, 5) is 17.6. The monoisotopic (exact) mass is 414 g/mol. The van der Waals surface area contributed by atoms with Gasteiger partial charge < -0.3 is 9.42 Å². The standard InChI is InChI=1S/C16H19FN4O4S2/c1-12-18-15(19-25-12)10-26-11-16(22)20-6-8-21(9-7-20)27(23,24)14-5-3-2-4-13(14)17/h2-5H,6-11H2,1H3. The number of hydrogen-bond acceptors (Lipinski definition) is 7. The third kappa shape index (κ3) is 4.66. The summed E-state index contributed by atoms with van der Waals surface area (Å²) in [5.74, 6) is 0.862. The Balaban J connectivity index is 1.51. The quantitative estimate of drug-likeness (QED) is 0.702. The highest BCUT2D eigenvalue weighted by Crippen LogP contribution is 2.20. The van der Waals surface area contributed by atoms with E-state index in [0.29, 0.717) is 17.5 Å². The van der Waals surface area contributed by atoms with E-state index >= 15 is 0 Å². The van der Waals surface area contributed by atoms with Crippen LogP contribution in [0.4, 0.5) is 4.39 Å². The summed E-state index contributed by atoms with van der Waals surface area (Å²) in [6.07, 6.45) is 0. The van der Waals surface area contributed by atoms with Gasteiger partial charge in [0.2, 0.25) is 21.8 Å². The molecule has 0 N–H and O–H groups in total. The van der Waals surface area contributed by atoms with Gasteiger partial charge in [0.25, 0.3) is 0 Å². The van der Waals surface area contributed by atoms with Crippen LogP contribution in [0.1, 0.15) is 11.7 Å². The minimum atomic E-state index is -3.90. The number of benzene rings is 1. The zero-order valence-corrected chi connectivity index (χ0v) is 16.3. The topological polar surface area (TPSA) is 96.6 Å². The number of carbonyl (C=O) groups excluding carboxylic acids is 1. The Bertz CT molecular complexity index is 911. The molecule has 2 heterocycles. The summed E-state index contributed by atoms with van der Waals surface area (Å²) in [5, 5.41) is 3.76. The molecule has 1 aliphatic rings. The highest BCUT2D eigenvalue weighted by molar-refractivity contribution is 7.99. The van der Waals surface area contributed by atoms with E-state index in [1.807, 2.05) is 0 Å². The molecule has 1 amide bonds. The molecule has 1 aromatic heterocycles. The number of amides is 1. The Morgan fingerprint density at radius 2 is 1.96 bits per heavy atom. The van der Waals surface area contributed by atoms with Gasteiger partial charge in [0.15, 0.2) is 5.82 Å². The number of aryl methyl sites for hydroxylation is 1. The summed E-state index contributed by atoms with van der Waals surface area (Å²) < 4.78 is 45.1. The molecule has 1 saturated heterocycles. The molecule has 11 heteroatoms. The van der Waals surface area contributed by atoms with E-state index in [1.165, 1.54) is 34.3 Å². The van der Waals surface area contributed by atoms with Crippen LogP contribution in [-0.2, 0) is 20.6 Å². The van der Waals surface area contributed by atoms with Crippen molar-refractivity contribution in [2.75, 3.05) is 31.9 Å². The molecule has 2 aromatic rings. The maximum absolute atomic E-state index is 13.8. The smallest absolute Gasteiger partial charge is 0.246 e. The Labute approximate surface area is 160 Å². The second kappa shape index (κ2) is 8.36. The van der Waals surface area contributed by atoms with E-state index in [0.717, 1.165) is 6.07 Å². The van der Waals surface area contributed by atoms with E-state index in [4.69, 9.17) is 4.52 Å². The van der Waals surface area contributed by atoms with Crippen LogP contribution in [0.2, 0.25) is 0 Å². The predicted octanol–water partition coefficient (Wildman–Crippen LogP) is 1.28. The molecule has 0 bridgehead atoms. The first-order chi connectivity index (χ1) is 12.9. The van der Waals surface area contributed by atoms with Crippen molar-refractivity contribution in [3.8, 4) is 0 Å². The lowest BCUT2D eigenvalue weighted by atomic mass is 10.3. The number of sulfonamides is 1. The van der Waals surface area contributed by atoms with Crippen LogP contribution in [0.5, 0.6) is 0 Å². The Hall–Kier alpha value is -1.98. The van der Waals surface area contributed by atoms with Crippen molar-refractivity contribution >= 4 is 27.7 Å². The van der Waals surface area contributed by atoms with Gasteiger partial charge in [0.05, 0.1) is 11.5 Å². The summed E-state index contributed by atoms with van der Waals surface area (Å²) in [6.45, 7) is 2.51.